The first-order valence-electron chi connectivity index (χ1n) is 8.89. The van der Waals surface area contributed by atoms with Crippen molar-refractivity contribution in [2.45, 2.75) is 18.1 Å². The van der Waals surface area contributed by atoms with Gasteiger partial charge in [0.25, 0.3) is 0 Å². The summed E-state index contributed by atoms with van der Waals surface area (Å²) >= 11 is 0. The van der Waals surface area contributed by atoms with E-state index in [9.17, 15) is 5.11 Å². The van der Waals surface area contributed by atoms with E-state index >= 15 is 0 Å². The molecule has 1 unspecified atom stereocenters. The summed E-state index contributed by atoms with van der Waals surface area (Å²) < 4.78 is 10.7. The van der Waals surface area contributed by atoms with Crippen LogP contribution in [0.5, 0.6) is 11.5 Å². The van der Waals surface area contributed by atoms with Crippen molar-refractivity contribution in [1.82, 2.24) is 0 Å². The average molecular weight is 363 g/mol. The smallest absolute Gasteiger partial charge is 0.130 e. The normalized spacial score (nSPS) is 12.4. The van der Waals surface area contributed by atoms with Gasteiger partial charge in [-0.3, -0.25) is 0 Å². The number of benzene rings is 3. The number of nitrogens with two attached hydrogens (primary N) is 1. The van der Waals surface area contributed by atoms with Gasteiger partial charge >= 0.3 is 0 Å². The number of aliphatic hydroxyl groups is 1. The SMILES string of the molecule is COc1cccc(C(O)(c2cccc(OC)c2)C(N)Cc2ccccc2)c1. The molecule has 0 aliphatic heterocycles. The molecular formula is C23H25NO3. The predicted octanol–water partition coefficient (Wildman–Crippen LogP) is 3.51. The fraction of sp³-hybridized carbons (Fsp3) is 0.217. The Morgan fingerprint density at radius 3 is 1.81 bits per heavy atom. The van der Waals surface area contributed by atoms with Crippen LogP contribution in [0, 0.1) is 0 Å². The molecule has 3 N–H and O–H groups in total. The zero-order chi connectivity index (χ0) is 19.3. The Balaban J connectivity index is 2.09. The third-order valence-corrected chi connectivity index (χ3v) is 4.85. The van der Waals surface area contributed by atoms with Gasteiger partial charge in [-0.1, -0.05) is 54.6 Å². The summed E-state index contributed by atoms with van der Waals surface area (Å²) in [6.45, 7) is 0. The Morgan fingerprint density at radius 2 is 1.33 bits per heavy atom. The molecule has 4 heteroatoms. The van der Waals surface area contributed by atoms with E-state index < -0.39 is 11.6 Å². The molecule has 0 aromatic heterocycles. The van der Waals surface area contributed by atoms with Crippen molar-refractivity contribution < 1.29 is 14.6 Å². The maximum atomic E-state index is 11.9. The molecule has 27 heavy (non-hydrogen) atoms. The van der Waals surface area contributed by atoms with Crippen LogP contribution < -0.4 is 15.2 Å². The zero-order valence-electron chi connectivity index (χ0n) is 15.6. The second-order valence-corrected chi connectivity index (χ2v) is 6.53. The molecule has 0 radical (unpaired) electrons. The van der Waals surface area contributed by atoms with E-state index in [2.05, 4.69) is 0 Å². The highest BCUT2D eigenvalue weighted by Crippen LogP contribution is 2.36. The van der Waals surface area contributed by atoms with Crippen LogP contribution in [0.2, 0.25) is 0 Å². The lowest BCUT2D eigenvalue weighted by Gasteiger charge is -2.35. The summed E-state index contributed by atoms with van der Waals surface area (Å²) in [7, 11) is 3.21. The Hall–Kier alpha value is -2.82. The largest absolute Gasteiger partial charge is 0.497 e. The molecule has 1 atom stereocenters. The molecule has 3 aromatic carbocycles. The van der Waals surface area contributed by atoms with E-state index in [4.69, 9.17) is 15.2 Å². The summed E-state index contributed by atoms with van der Waals surface area (Å²) in [5.41, 5.74) is 7.62. The van der Waals surface area contributed by atoms with Crippen LogP contribution in [0.3, 0.4) is 0 Å². The van der Waals surface area contributed by atoms with Gasteiger partial charge in [-0.2, -0.15) is 0 Å². The van der Waals surface area contributed by atoms with E-state index in [1.165, 1.54) is 0 Å². The first-order chi connectivity index (χ1) is 13.1. The highest BCUT2D eigenvalue weighted by molar-refractivity contribution is 5.44. The molecular weight excluding hydrogens is 338 g/mol. The fourth-order valence-corrected chi connectivity index (χ4v) is 3.33. The lowest BCUT2D eigenvalue weighted by atomic mass is 9.78. The third-order valence-electron chi connectivity index (χ3n) is 4.85. The fourth-order valence-electron chi connectivity index (χ4n) is 3.33. The topological polar surface area (TPSA) is 64.7 Å². The first-order valence-corrected chi connectivity index (χ1v) is 8.89. The maximum absolute atomic E-state index is 11.9. The number of hydrogen-bond donors (Lipinski definition) is 2. The van der Waals surface area contributed by atoms with E-state index in [0.29, 0.717) is 29.0 Å². The molecule has 0 amide bonds. The number of rotatable bonds is 7. The van der Waals surface area contributed by atoms with Crippen molar-refractivity contribution in [1.29, 1.82) is 0 Å². The average Bonchev–Trinajstić information content (AvgIpc) is 2.73. The monoisotopic (exact) mass is 363 g/mol. The van der Waals surface area contributed by atoms with Gasteiger partial charge in [0, 0.05) is 6.04 Å². The van der Waals surface area contributed by atoms with Crippen LogP contribution in [-0.2, 0) is 12.0 Å². The van der Waals surface area contributed by atoms with Crippen LogP contribution in [-0.4, -0.2) is 25.4 Å². The van der Waals surface area contributed by atoms with Gasteiger partial charge in [0.15, 0.2) is 0 Å². The molecule has 0 heterocycles. The first kappa shape index (κ1) is 19.0. The highest BCUT2D eigenvalue weighted by atomic mass is 16.5. The molecule has 0 aliphatic rings. The Bertz CT molecular complexity index is 832. The van der Waals surface area contributed by atoms with Crippen LogP contribution in [0.25, 0.3) is 0 Å². The number of methoxy groups -OCH3 is 2. The lowest BCUT2D eigenvalue weighted by Crippen LogP contribution is -2.47. The van der Waals surface area contributed by atoms with Gasteiger partial charge in [-0.05, 0) is 47.4 Å². The minimum absolute atomic E-state index is 0.520. The predicted molar refractivity (Wildman–Crippen MR) is 107 cm³/mol. The van der Waals surface area contributed by atoms with Gasteiger partial charge in [0.2, 0.25) is 0 Å². The molecule has 3 aromatic rings. The van der Waals surface area contributed by atoms with Gasteiger partial charge in [0.1, 0.15) is 17.1 Å². The summed E-state index contributed by atoms with van der Waals surface area (Å²) in [6.07, 6.45) is 0.520. The molecule has 0 fully saturated rings. The molecule has 0 aliphatic carbocycles. The van der Waals surface area contributed by atoms with Crippen LogP contribution in [0.1, 0.15) is 16.7 Å². The molecule has 140 valence electrons. The van der Waals surface area contributed by atoms with Crippen LogP contribution in [0.15, 0.2) is 78.9 Å². The zero-order valence-corrected chi connectivity index (χ0v) is 15.6. The van der Waals surface area contributed by atoms with E-state index in [0.717, 1.165) is 5.56 Å². The second-order valence-electron chi connectivity index (χ2n) is 6.53. The third kappa shape index (κ3) is 3.97. The van der Waals surface area contributed by atoms with Gasteiger partial charge in [-0.25, -0.2) is 0 Å². The molecule has 0 saturated carbocycles. The Labute approximate surface area is 160 Å². The van der Waals surface area contributed by atoms with Crippen molar-refractivity contribution in [3.05, 3.63) is 95.6 Å². The standard InChI is InChI=1S/C23H25NO3/c1-26-20-12-6-10-18(15-20)23(25,19-11-7-13-21(16-19)27-2)22(24)14-17-8-4-3-5-9-17/h3-13,15-16,22,25H,14,24H2,1-2H3. The van der Waals surface area contributed by atoms with Gasteiger partial charge in [-0.15, -0.1) is 0 Å². The van der Waals surface area contributed by atoms with E-state index in [1.807, 2.05) is 78.9 Å². The minimum atomic E-state index is -1.40. The van der Waals surface area contributed by atoms with Crippen molar-refractivity contribution >= 4 is 0 Å². The molecule has 0 spiro atoms. The van der Waals surface area contributed by atoms with Crippen molar-refractivity contribution in [3.8, 4) is 11.5 Å². The molecule has 3 rings (SSSR count). The van der Waals surface area contributed by atoms with Crippen molar-refractivity contribution in [2.75, 3.05) is 14.2 Å². The maximum Gasteiger partial charge on any atom is 0.130 e. The Kier molecular flexibility index (Phi) is 5.79. The summed E-state index contributed by atoms with van der Waals surface area (Å²) in [5.74, 6) is 1.33. The van der Waals surface area contributed by atoms with E-state index in [-0.39, 0.29) is 0 Å². The number of ether oxygens (including phenoxy) is 2. The summed E-state index contributed by atoms with van der Waals surface area (Å²) in [5, 5.41) is 11.9. The van der Waals surface area contributed by atoms with Gasteiger partial charge < -0.3 is 20.3 Å². The van der Waals surface area contributed by atoms with Gasteiger partial charge in [0.05, 0.1) is 14.2 Å². The second kappa shape index (κ2) is 8.25. The molecule has 4 nitrogen and oxygen atoms in total. The summed E-state index contributed by atoms with van der Waals surface area (Å²) in [6, 6.07) is 24.1. The van der Waals surface area contributed by atoms with Crippen molar-refractivity contribution in [2.24, 2.45) is 5.73 Å². The Morgan fingerprint density at radius 1 is 0.815 bits per heavy atom. The minimum Gasteiger partial charge on any atom is -0.497 e. The van der Waals surface area contributed by atoms with E-state index in [1.54, 1.807) is 14.2 Å². The lowest BCUT2D eigenvalue weighted by molar-refractivity contribution is 0.0512. The van der Waals surface area contributed by atoms with Crippen LogP contribution in [0.4, 0.5) is 0 Å². The highest BCUT2D eigenvalue weighted by Gasteiger charge is 2.38. The number of hydrogen-bond acceptors (Lipinski definition) is 4. The summed E-state index contributed by atoms with van der Waals surface area (Å²) in [4.78, 5) is 0. The van der Waals surface area contributed by atoms with Crippen LogP contribution >= 0.6 is 0 Å². The quantitative estimate of drug-likeness (QED) is 0.674. The molecule has 0 bridgehead atoms. The van der Waals surface area contributed by atoms with Crippen molar-refractivity contribution in [3.63, 3.8) is 0 Å². The molecule has 0 saturated heterocycles.